The molecule has 1 amide bonds. The van der Waals surface area contributed by atoms with Gasteiger partial charge in [-0.15, -0.1) is 0 Å². The summed E-state index contributed by atoms with van der Waals surface area (Å²) >= 11 is 12.0. The number of hydrogen-bond acceptors (Lipinski definition) is 3. The summed E-state index contributed by atoms with van der Waals surface area (Å²) in [5.41, 5.74) is 2.98. The number of ether oxygens (including phenoxy) is 2. The molecular weight excluding hydrogens is 433 g/mol. The molecule has 3 rings (SSSR count). The highest BCUT2D eigenvalue weighted by atomic mass is 35.5. The fourth-order valence-corrected chi connectivity index (χ4v) is 3.45. The van der Waals surface area contributed by atoms with E-state index < -0.39 is 0 Å². The predicted octanol–water partition coefficient (Wildman–Crippen LogP) is 7.35. The summed E-state index contributed by atoms with van der Waals surface area (Å²) in [6.07, 6.45) is 0. The first kappa shape index (κ1) is 23.0. The molecule has 0 aromatic heterocycles. The molecule has 6 heteroatoms. The van der Waals surface area contributed by atoms with Crippen LogP contribution >= 0.6 is 23.2 Å². The van der Waals surface area contributed by atoms with Gasteiger partial charge in [0.15, 0.2) is 0 Å². The van der Waals surface area contributed by atoms with Gasteiger partial charge in [-0.1, -0.05) is 55.2 Å². The van der Waals surface area contributed by atoms with Gasteiger partial charge in [0.05, 0.1) is 16.7 Å². The fraction of sp³-hybridized carbons (Fsp3) is 0.240. The second-order valence-electron chi connectivity index (χ2n) is 7.32. The molecule has 0 spiro atoms. The maximum atomic E-state index is 12.8. The Hall–Kier alpha value is -2.69. The lowest BCUT2D eigenvalue weighted by Gasteiger charge is -2.16. The van der Waals surface area contributed by atoms with Crippen LogP contribution in [0, 0.1) is 0 Å². The Balaban J connectivity index is 1.82. The second-order valence-corrected chi connectivity index (χ2v) is 8.13. The average Bonchev–Trinajstić information content (AvgIpc) is 2.76. The van der Waals surface area contributed by atoms with Crippen molar-refractivity contribution in [2.75, 3.05) is 11.9 Å². The third kappa shape index (κ3) is 5.93. The third-order valence-corrected chi connectivity index (χ3v) is 5.46. The summed E-state index contributed by atoms with van der Waals surface area (Å²) in [4.78, 5) is 12.8. The summed E-state index contributed by atoms with van der Waals surface area (Å²) in [6.45, 7) is 6.98. The van der Waals surface area contributed by atoms with Gasteiger partial charge in [-0.25, -0.2) is 0 Å². The van der Waals surface area contributed by atoms with E-state index in [0.717, 1.165) is 16.9 Å². The van der Waals surface area contributed by atoms with Crippen molar-refractivity contribution in [2.24, 2.45) is 0 Å². The Morgan fingerprint density at radius 1 is 0.935 bits per heavy atom. The van der Waals surface area contributed by atoms with E-state index in [4.69, 9.17) is 32.7 Å². The van der Waals surface area contributed by atoms with Crippen LogP contribution in [0.15, 0.2) is 60.7 Å². The van der Waals surface area contributed by atoms with Crippen molar-refractivity contribution in [3.63, 3.8) is 0 Å². The minimum Gasteiger partial charge on any atom is -0.493 e. The maximum absolute atomic E-state index is 12.8. The summed E-state index contributed by atoms with van der Waals surface area (Å²) < 4.78 is 11.9. The normalized spacial score (nSPS) is 10.8. The monoisotopic (exact) mass is 457 g/mol. The molecule has 3 aromatic carbocycles. The minimum absolute atomic E-state index is 0.259. The van der Waals surface area contributed by atoms with E-state index in [1.54, 1.807) is 36.4 Å². The van der Waals surface area contributed by atoms with E-state index in [9.17, 15) is 4.79 Å². The topological polar surface area (TPSA) is 47.6 Å². The van der Waals surface area contributed by atoms with E-state index in [-0.39, 0.29) is 12.5 Å². The molecule has 3 aromatic rings. The number of hydrogen-bond donors (Lipinski definition) is 1. The summed E-state index contributed by atoms with van der Waals surface area (Å²) in [5.74, 6) is 1.59. The number of carbonyl (C=O) groups excluding carboxylic acids is 1. The Morgan fingerprint density at radius 2 is 1.71 bits per heavy atom. The number of amides is 1. The smallest absolute Gasteiger partial charge is 0.255 e. The average molecular weight is 458 g/mol. The molecule has 0 aliphatic rings. The van der Waals surface area contributed by atoms with Crippen LogP contribution in [0.5, 0.6) is 11.5 Å². The third-order valence-electron chi connectivity index (χ3n) is 4.72. The molecule has 4 nitrogen and oxygen atoms in total. The van der Waals surface area contributed by atoms with Crippen LogP contribution in [0.4, 0.5) is 5.69 Å². The van der Waals surface area contributed by atoms with E-state index in [1.807, 2.05) is 25.1 Å². The van der Waals surface area contributed by atoms with Gasteiger partial charge in [0, 0.05) is 16.8 Å². The molecule has 0 heterocycles. The zero-order valence-electron chi connectivity index (χ0n) is 17.7. The molecule has 1 N–H and O–H groups in total. The molecule has 0 aliphatic carbocycles. The number of halogens is 2. The molecule has 162 valence electrons. The molecule has 0 unspecified atom stereocenters. The molecule has 0 radical (unpaired) electrons. The molecule has 0 atom stereocenters. The van der Waals surface area contributed by atoms with E-state index in [0.29, 0.717) is 39.6 Å². The van der Waals surface area contributed by atoms with Crippen LogP contribution in [0.3, 0.4) is 0 Å². The first-order chi connectivity index (χ1) is 14.9. The van der Waals surface area contributed by atoms with Crippen molar-refractivity contribution in [3.8, 4) is 11.5 Å². The van der Waals surface area contributed by atoms with Gasteiger partial charge in [-0.2, -0.15) is 0 Å². The van der Waals surface area contributed by atoms with Crippen LogP contribution in [-0.4, -0.2) is 12.5 Å². The highest BCUT2D eigenvalue weighted by Crippen LogP contribution is 2.29. The first-order valence-corrected chi connectivity index (χ1v) is 10.9. The van der Waals surface area contributed by atoms with Gasteiger partial charge in [0.1, 0.15) is 18.1 Å². The molecule has 31 heavy (non-hydrogen) atoms. The van der Waals surface area contributed by atoms with Crippen LogP contribution in [0.1, 0.15) is 48.2 Å². The van der Waals surface area contributed by atoms with Crippen LogP contribution < -0.4 is 14.8 Å². The minimum atomic E-state index is -0.259. The molecule has 0 aliphatic heterocycles. The number of para-hydroxylation sites is 1. The zero-order valence-corrected chi connectivity index (χ0v) is 19.3. The van der Waals surface area contributed by atoms with Crippen LogP contribution in [0.2, 0.25) is 10.0 Å². The largest absolute Gasteiger partial charge is 0.493 e. The Kier molecular flexibility index (Phi) is 7.83. The van der Waals surface area contributed by atoms with E-state index in [2.05, 4.69) is 25.2 Å². The zero-order chi connectivity index (χ0) is 22.4. The lowest BCUT2D eigenvalue weighted by molar-refractivity contribution is 0.102. The molecular formula is C25H25Cl2NO3. The highest BCUT2D eigenvalue weighted by Gasteiger charge is 2.14. The summed E-state index contributed by atoms with van der Waals surface area (Å²) in [7, 11) is 0. The van der Waals surface area contributed by atoms with Crippen molar-refractivity contribution in [3.05, 3.63) is 87.4 Å². The fourth-order valence-electron chi connectivity index (χ4n) is 3.15. The highest BCUT2D eigenvalue weighted by molar-refractivity contribution is 6.42. The number of benzene rings is 3. The van der Waals surface area contributed by atoms with Crippen LogP contribution in [0.25, 0.3) is 0 Å². The lowest BCUT2D eigenvalue weighted by atomic mass is 10.0. The number of carbonyl (C=O) groups is 1. The number of rotatable bonds is 8. The summed E-state index contributed by atoms with van der Waals surface area (Å²) in [5, 5.41) is 3.65. The molecule has 0 saturated carbocycles. The van der Waals surface area contributed by atoms with E-state index >= 15 is 0 Å². The Bertz CT molecular complexity index is 1070. The molecule has 0 fully saturated rings. The number of nitrogens with one attached hydrogen (secondary N) is 1. The van der Waals surface area contributed by atoms with Crippen molar-refractivity contribution < 1.29 is 14.3 Å². The maximum Gasteiger partial charge on any atom is 0.255 e. The summed E-state index contributed by atoms with van der Waals surface area (Å²) in [6, 6.07) is 18.2. The quantitative estimate of drug-likeness (QED) is 0.384. The van der Waals surface area contributed by atoms with Crippen molar-refractivity contribution in [1.29, 1.82) is 0 Å². The van der Waals surface area contributed by atoms with Crippen LogP contribution in [-0.2, 0) is 6.61 Å². The lowest BCUT2D eigenvalue weighted by Crippen LogP contribution is -2.13. The molecule has 0 bridgehead atoms. The van der Waals surface area contributed by atoms with E-state index in [1.165, 1.54) is 0 Å². The molecule has 0 saturated heterocycles. The standard InChI is InChI=1S/C25H25Cl2NO3/c1-4-30-23-12-9-17(25(29)28-19-10-11-21(26)22(27)14-19)13-18(23)15-31-24-8-6-5-7-20(24)16(2)3/h5-14,16H,4,15H2,1-3H3,(H,28,29). The van der Waals surface area contributed by atoms with Crippen molar-refractivity contribution in [1.82, 2.24) is 0 Å². The Morgan fingerprint density at radius 3 is 2.42 bits per heavy atom. The van der Waals surface area contributed by atoms with Gasteiger partial charge < -0.3 is 14.8 Å². The SMILES string of the molecule is CCOc1ccc(C(=O)Nc2ccc(Cl)c(Cl)c2)cc1COc1ccccc1C(C)C. The Labute approximate surface area is 193 Å². The van der Waals surface area contributed by atoms with Crippen molar-refractivity contribution in [2.45, 2.75) is 33.3 Å². The van der Waals surface area contributed by atoms with Crippen molar-refractivity contribution >= 4 is 34.8 Å². The van der Waals surface area contributed by atoms with Gasteiger partial charge in [0.25, 0.3) is 5.91 Å². The number of anilines is 1. The van der Waals surface area contributed by atoms with Gasteiger partial charge in [-0.05, 0) is 60.9 Å². The predicted molar refractivity (Wildman–Crippen MR) is 127 cm³/mol. The first-order valence-electron chi connectivity index (χ1n) is 10.1. The second kappa shape index (κ2) is 10.6. The van der Waals surface area contributed by atoms with Gasteiger partial charge in [-0.3, -0.25) is 4.79 Å². The van der Waals surface area contributed by atoms with Gasteiger partial charge in [0.2, 0.25) is 0 Å². The van der Waals surface area contributed by atoms with Gasteiger partial charge >= 0.3 is 0 Å².